The van der Waals surface area contributed by atoms with Crippen LogP contribution in [0, 0.1) is 3.57 Å². The summed E-state index contributed by atoms with van der Waals surface area (Å²) >= 11 is 2.05. The van der Waals surface area contributed by atoms with Crippen molar-refractivity contribution in [2.45, 2.75) is 0 Å². The molecule has 0 unspecified atom stereocenters. The maximum absolute atomic E-state index is 11.9. The van der Waals surface area contributed by atoms with Crippen molar-refractivity contribution in [1.82, 2.24) is 10.2 Å². The van der Waals surface area contributed by atoms with E-state index in [9.17, 15) is 9.59 Å². The number of aromatic amines is 1. The summed E-state index contributed by atoms with van der Waals surface area (Å²) in [4.78, 5) is 22.5. The zero-order chi connectivity index (χ0) is 13.1. The number of anilines is 1. The molecule has 0 bridgehead atoms. The number of H-pyrrole nitrogens is 1. The number of nitrogens with zero attached hydrogens (tertiary/aromatic N) is 1. The lowest BCUT2D eigenvalue weighted by Crippen LogP contribution is -2.13. The number of aromatic carboxylic acids is 1. The van der Waals surface area contributed by atoms with Crippen LogP contribution in [0.5, 0.6) is 0 Å². The van der Waals surface area contributed by atoms with Gasteiger partial charge in [0.15, 0.2) is 5.82 Å². The quantitative estimate of drug-likeness (QED) is 0.732. The van der Waals surface area contributed by atoms with Crippen LogP contribution >= 0.6 is 22.6 Å². The molecule has 0 radical (unpaired) electrons. The van der Waals surface area contributed by atoms with Gasteiger partial charge < -0.3 is 10.4 Å². The number of nitrogens with one attached hydrogen (secondary N) is 2. The molecule has 0 atom stereocenters. The van der Waals surface area contributed by atoms with E-state index in [2.05, 4.69) is 38.1 Å². The molecule has 1 aromatic heterocycles. The monoisotopic (exact) mass is 357 g/mol. The lowest BCUT2D eigenvalue weighted by Gasteiger charge is -2.03. The molecule has 0 aliphatic heterocycles. The number of hydrogen-bond acceptors (Lipinski definition) is 3. The molecule has 6 nitrogen and oxygen atoms in total. The number of rotatable bonds is 3. The standard InChI is InChI=1S/C11H8IN3O3/c12-7-4-2-1-3-6(7)10(16)13-9-5-8(11(17)18)14-15-9/h1-5H,(H,17,18)(H2,13,14,15,16). The zero-order valence-electron chi connectivity index (χ0n) is 8.98. The molecule has 1 amide bonds. The summed E-state index contributed by atoms with van der Waals surface area (Å²) in [5, 5.41) is 17.2. The Labute approximate surface area is 116 Å². The average Bonchev–Trinajstić information content (AvgIpc) is 2.78. The third-order valence-electron chi connectivity index (χ3n) is 2.17. The fourth-order valence-electron chi connectivity index (χ4n) is 1.32. The van der Waals surface area contributed by atoms with Crippen molar-refractivity contribution in [3.8, 4) is 0 Å². The Bertz CT molecular complexity index is 609. The SMILES string of the molecule is O=C(O)c1cc(NC(=O)c2ccccc2I)n[nH]1. The van der Waals surface area contributed by atoms with Crippen molar-refractivity contribution in [2.24, 2.45) is 0 Å². The van der Waals surface area contributed by atoms with Gasteiger partial charge in [-0.05, 0) is 34.7 Å². The summed E-state index contributed by atoms with van der Waals surface area (Å²) in [7, 11) is 0. The summed E-state index contributed by atoms with van der Waals surface area (Å²) in [5.41, 5.74) is 0.436. The van der Waals surface area contributed by atoms with Gasteiger partial charge in [-0.2, -0.15) is 5.10 Å². The Morgan fingerprint density at radius 2 is 2.06 bits per heavy atom. The topological polar surface area (TPSA) is 95.1 Å². The molecule has 0 saturated heterocycles. The maximum Gasteiger partial charge on any atom is 0.353 e. The smallest absolute Gasteiger partial charge is 0.353 e. The van der Waals surface area contributed by atoms with Crippen molar-refractivity contribution >= 4 is 40.3 Å². The minimum atomic E-state index is -1.13. The lowest BCUT2D eigenvalue weighted by molar-refractivity contribution is 0.0690. The maximum atomic E-state index is 11.9. The van der Waals surface area contributed by atoms with Crippen molar-refractivity contribution in [2.75, 3.05) is 5.32 Å². The number of benzene rings is 1. The molecule has 2 aromatic rings. The highest BCUT2D eigenvalue weighted by Gasteiger charge is 2.13. The van der Waals surface area contributed by atoms with Gasteiger partial charge in [-0.3, -0.25) is 9.89 Å². The third kappa shape index (κ3) is 2.67. The molecule has 92 valence electrons. The van der Waals surface area contributed by atoms with E-state index in [4.69, 9.17) is 5.11 Å². The fraction of sp³-hybridized carbons (Fsp3) is 0. The highest BCUT2D eigenvalue weighted by molar-refractivity contribution is 14.1. The Kier molecular flexibility index (Phi) is 3.60. The number of carboxylic acid groups (broad SMARTS) is 1. The van der Waals surface area contributed by atoms with E-state index in [0.717, 1.165) is 3.57 Å². The van der Waals surface area contributed by atoms with Crippen LogP contribution in [0.15, 0.2) is 30.3 Å². The van der Waals surface area contributed by atoms with E-state index in [0.29, 0.717) is 5.56 Å². The summed E-state index contributed by atoms with van der Waals surface area (Å²) in [6, 6.07) is 8.33. The van der Waals surface area contributed by atoms with Crippen LogP contribution in [0.2, 0.25) is 0 Å². The normalized spacial score (nSPS) is 10.1. The molecule has 2 rings (SSSR count). The predicted octanol–water partition coefficient (Wildman–Crippen LogP) is 1.96. The second-order valence-corrected chi connectivity index (χ2v) is 4.57. The third-order valence-corrected chi connectivity index (χ3v) is 3.11. The number of carboxylic acids is 1. The van der Waals surface area contributed by atoms with Gasteiger partial charge in [0.25, 0.3) is 5.91 Å². The second-order valence-electron chi connectivity index (χ2n) is 3.41. The Hall–Kier alpha value is -1.90. The minimum Gasteiger partial charge on any atom is -0.477 e. The molecular weight excluding hydrogens is 349 g/mol. The van der Waals surface area contributed by atoms with Crippen LogP contribution in [0.3, 0.4) is 0 Å². The first-order chi connectivity index (χ1) is 8.58. The first-order valence-electron chi connectivity index (χ1n) is 4.92. The Balaban J connectivity index is 2.16. The molecule has 0 spiro atoms. The average molecular weight is 357 g/mol. The van der Waals surface area contributed by atoms with E-state index < -0.39 is 5.97 Å². The van der Waals surface area contributed by atoms with E-state index in [1.54, 1.807) is 12.1 Å². The van der Waals surface area contributed by atoms with Crippen molar-refractivity contribution in [3.05, 3.63) is 45.2 Å². The first-order valence-corrected chi connectivity index (χ1v) is 6.00. The van der Waals surface area contributed by atoms with Gasteiger partial charge in [0.2, 0.25) is 0 Å². The van der Waals surface area contributed by atoms with E-state index in [1.807, 2.05) is 12.1 Å². The molecule has 18 heavy (non-hydrogen) atoms. The van der Waals surface area contributed by atoms with Gasteiger partial charge in [0.05, 0.1) is 5.56 Å². The minimum absolute atomic E-state index is 0.0759. The molecule has 0 aliphatic carbocycles. The van der Waals surface area contributed by atoms with Crippen LogP contribution in [0.25, 0.3) is 0 Å². The van der Waals surface area contributed by atoms with Gasteiger partial charge in [-0.1, -0.05) is 12.1 Å². The van der Waals surface area contributed by atoms with E-state index >= 15 is 0 Å². The van der Waals surface area contributed by atoms with Crippen molar-refractivity contribution in [1.29, 1.82) is 0 Å². The van der Waals surface area contributed by atoms with Gasteiger partial charge in [-0.25, -0.2) is 4.79 Å². The van der Waals surface area contributed by atoms with Crippen LogP contribution in [-0.4, -0.2) is 27.2 Å². The summed E-state index contributed by atoms with van der Waals surface area (Å²) in [5.74, 6) is -1.28. The molecule has 0 aliphatic rings. The summed E-state index contributed by atoms with van der Waals surface area (Å²) in [6.07, 6.45) is 0. The Morgan fingerprint density at radius 1 is 1.33 bits per heavy atom. The van der Waals surface area contributed by atoms with Crippen LogP contribution in [-0.2, 0) is 0 Å². The highest BCUT2D eigenvalue weighted by atomic mass is 127. The van der Waals surface area contributed by atoms with Crippen LogP contribution < -0.4 is 5.32 Å². The molecule has 3 N–H and O–H groups in total. The lowest BCUT2D eigenvalue weighted by atomic mass is 10.2. The predicted molar refractivity (Wildman–Crippen MR) is 72.7 cm³/mol. The van der Waals surface area contributed by atoms with Gasteiger partial charge in [-0.15, -0.1) is 0 Å². The second kappa shape index (κ2) is 5.17. The van der Waals surface area contributed by atoms with Crippen LogP contribution in [0.1, 0.15) is 20.8 Å². The molecule has 0 saturated carbocycles. The summed E-state index contributed by atoms with van der Waals surface area (Å²) in [6.45, 7) is 0. The zero-order valence-corrected chi connectivity index (χ0v) is 11.1. The number of halogens is 1. The van der Waals surface area contributed by atoms with Crippen molar-refractivity contribution < 1.29 is 14.7 Å². The molecule has 0 fully saturated rings. The molecule has 1 aromatic carbocycles. The molecule has 1 heterocycles. The van der Waals surface area contributed by atoms with E-state index in [1.165, 1.54) is 6.07 Å². The number of aromatic nitrogens is 2. The molecular formula is C11H8IN3O3. The number of carbonyl (C=O) groups is 2. The van der Waals surface area contributed by atoms with Gasteiger partial charge in [0, 0.05) is 9.64 Å². The fourth-order valence-corrected chi connectivity index (χ4v) is 1.96. The van der Waals surface area contributed by atoms with Gasteiger partial charge in [0.1, 0.15) is 5.69 Å². The van der Waals surface area contributed by atoms with Crippen molar-refractivity contribution in [3.63, 3.8) is 0 Å². The largest absolute Gasteiger partial charge is 0.477 e. The van der Waals surface area contributed by atoms with Crippen LogP contribution in [0.4, 0.5) is 5.82 Å². The Morgan fingerprint density at radius 3 is 2.67 bits per heavy atom. The number of amides is 1. The first kappa shape index (κ1) is 12.6. The van der Waals surface area contributed by atoms with Gasteiger partial charge >= 0.3 is 5.97 Å². The molecule has 7 heteroatoms. The summed E-state index contributed by atoms with van der Waals surface area (Å²) < 4.78 is 0.807. The number of carbonyl (C=O) groups excluding carboxylic acids is 1. The number of hydrogen-bond donors (Lipinski definition) is 3. The highest BCUT2D eigenvalue weighted by Crippen LogP contribution is 2.14. The van der Waals surface area contributed by atoms with E-state index in [-0.39, 0.29) is 17.4 Å².